The molecule has 26 heavy (non-hydrogen) atoms. The first kappa shape index (κ1) is 17.5. The lowest BCUT2D eigenvalue weighted by Gasteiger charge is -2.08. The van der Waals surface area contributed by atoms with Crippen molar-refractivity contribution in [3.8, 4) is 11.5 Å². The lowest BCUT2D eigenvalue weighted by atomic mass is 10.0. The minimum Gasteiger partial charge on any atom is -0.497 e. The molecule has 0 saturated carbocycles. The first-order valence-electron chi connectivity index (χ1n) is 8.10. The second-order valence-corrected chi connectivity index (χ2v) is 5.61. The van der Waals surface area contributed by atoms with Crippen LogP contribution in [0.5, 0.6) is 11.5 Å². The molecule has 5 heteroatoms. The molecule has 0 aliphatic heterocycles. The average Bonchev–Trinajstić information content (AvgIpc) is 2.70. The van der Waals surface area contributed by atoms with Gasteiger partial charge in [0.05, 0.1) is 7.11 Å². The van der Waals surface area contributed by atoms with E-state index in [9.17, 15) is 9.59 Å². The van der Waals surface area contributed by atoms with Gasteiger partial charge in [0, 0.05) is 5.56 Å². The fraction of sp³-hybridized carbons (Fsp3) is 0.143. The van der Waals surface area contributed by atoms with E-state index in [1.807, 2.05) is 30.3 Å². The zero-order valence-corrected chi connectivity index (χ0v) is 14.3. The minimum absolute atomic E-state index is 0.256. The van der Waals surface area contributed by atoms with Crippen molar-refractivity contribution >= 4 is 22.5 Å². The number of ketones is 1. The largest absolute Gasteiger partial charge is 0.497 e. The van der Waals surface area contributed by atoms with E-state index in [1.54, 1.807) is 43.5 Å². The van der Waals surface area contributed by atoms with Crippen LogP contribution in [0.1, 0.15) is 10.4 Å². The molecule has 5 nitrogen and oxygen atoms in total. The van der Waals surface area contributed by atoms with Crippen molar-refractivity contribution < 1.29 is 23.8 Å². The summed E-state index contributed by atoms with van der Waals surface area (Å²) in [4.78, 5) is 24.0. The molecule has 3 rings (SSSR count). The van der Waals surface area contributed by atoms with Crippen LogP contribution in [-0.2, 0) is 9.53 Å². The van der Waals surface area contributed by atoms with E-state index in [4.69, 9.17) is 14.2 Å². The van der Waals surface area contributed by atoms with E-state index in [0.717, 1.165) is 10.8 Å². The number of esters is 1. The van der Waals surface area contributed by atoms with Crippen LogP contribution >= 0.6 is 0 Å². The smallest absolute Gasteiger partial charge is 0.344 e. The number of Topliss-reactive ketones (excluding diaryl/α,β-unsaturated/α-hetero) is 1. The molecule has 0 heterocycles. The molecule has 3 aromatic carbocycles. The van der Waals surface area contributed by atoms with Crippen molar-refractivity contribution in [3.05, 3.63) is 72.3 Å². The predicted molar refractivity (Wildman–Crippen MR) is 97.7 cm³/mol. The van der Waals surface area contributed by atoms with Gasteiger partial charge in [0.25, 0.3) is 0 Å². The summed E-state index contributed by atoms with van der Waals surface area (Å²) in [7, 11) is 1.57. The Morgan fingerprint density at radius 2 is 1.50 bits per heavy atom. The van der Waals surface area contributed by atoms with E-state index >= 15 is 0 Å². The Kier molecular flexibility index (Phi) is 5.49. The molecule has 0 spiro atoms. The third-order valence-corrected chi connectivity index (χ3v) is 3.85. The maximum atomic E-state index is 12.2. The molecule has 0 bridgehead atoms. The lowest BCUT2D eigenvalue weighted by Crippen LogP contribution is -2.19. The zero-order chi connectivity index (χ0) is 18.4. The van der Waals surface area contributed by atoms with Gasteiger partial charge < -0.3 is 14.2 Å². The zero-order valence-electron chi connectivity index (χ0n) is 14.3. The maximum absolute atomic E-state index is 12.2. The van der Waals surface area contributed by atoms with Gasteiger partial charge in [-0.25, -0.2) is 4.79 Å². The molecule has 0 aromatic heterocycles. The van der Waals surface area contributed by atoms with Crippen molar-refractivity contribution in [2.24, 2.45) is 0 Å². The van der Waals surface area contributed by atoms with Crippen LogP contribution in [-0.4, -0.2) is 32.1 Å². The number of fused-ring (bicyclic) bond motifs is 1. The van der Waals surface area contributed by atoms with Crippen molar-refractivity contribution in [2.45, 2.75) is 0 Å². The quantitative estimate of drug-likeness (QED) is 0.481. The van der Waals surface area contributed by atoms with E-state index in [1.165, 1.54) is 0 Å². The summed E-state index contributed by atoms with van der Waals surface area (Å²) in [5, 5.41) is 2.02. The summed E-state index contributed by atoms with van der Waals surface area (Å²) in [6.45, 7) is -0.583. The molecule has 0 atom stereocenters. The maximum Gasteiger partial charge on any atom is 0.344 e. The first-order chi connectivity index (χ1) is 12.7. The standard InChI is InChI=1S/C21H18O5/c1-24-18-8-10-19(11-9-18)25-14-21(23)26-13-20(22)17-7-6-15-4-2-3-5-16(15)12-17/h2-12H,13-14H2,1H3. The van der Waals surface area contributed by atoms with E-state index in [-0.39, 0.29) is 19.0 Å². The van der Waals surface area contributed by atoms with Crippen LogP contribution in [0, 0.1) is 0 Å². The fourth-order valence-electron chi connectivity index (χ4n) is 2.45. The second-order valence-electron chi connectivity index (χ2n) is 5.61. The molecule has 0 amide bonds. The van der Waals surface area contributed by atoms with Gasteiger partial charge in [-0.2, -0.15) is 0 Å². The molecule has 0 aliphatic rings. The van der Waals surface area contributed by atoms with Crippen LogP contribution < -0.4 is 9.47 Å². The normalized spacial score (nSPS) is 10.3. The number of rotatable bonds is 7. The number of carbonyl (C=O) groups is 2. The number of carbonyl (C=O) groups excluding carboxylic acids is 2. The Hall–Kier alpha value is -3.34. The monoisotopic (exact) mass is 350 g/mol. The van der Waals surface area contributed by atoms with E-state index in [2.05, 4.69) is 0 Å². The third-order valence-electron chi connectivity index (χ3n) is 3.85. The minimum atomic E-state index is -0.602. The van der Waals surface area contributed by atoms with Crippen molar-refractivity contribution in [3.63, 3.8) is 0 Å². The summed E-state index contributed by atoms with van der Waals surface area (Å²) in [6, 6.07) is 20.0. The Morgan fingerprint density at radius 3 is 2.23 bits per heavy atom. The number of ether oxygens (including phenoxy) is 3. The van der Waals surface area contributed by atoms with Crippen molar-refractivity contribution in [2.75, 3.05) is 20.3 Å². The van der Waals surface area contributed by atoms with Crippen molar-refractivity contribution in [1.82, 2.24) is 0 Å². The number of benzene rings is 3. The van der Waals surface area contributed by atoms with Gasteiger partial charge in [0.1, 0.15) is 11.5 Å². The molecule has 0 aliphatic carbocycles. The summed E-state index contributed by atoms with van der Waals surface area (Å²) in [5.41, 5.74) is 0.507. The van der Waals surface area contributed by atoms with Gasteiger partial charge in [0.15, 0.2) is 19.0 Å². The Labute approximate surface area is 151 Å². The van der Waals surface area contributed by atoms with Gasteiger partial charge in [-0.1, -0.05) is 36.4 Å². The molecule has 132 valence electrons. The first-order valence-corrected chi connectivity index (χ1v) is 8.10. The van der Waals surface area contributed by atoms with E-state index in [0.29, 0.717) is 17.1 Å². The van der Waals surface area contributed by atoms with Gasteiger partial charge in [-0.3, -0.25) is 4.79 Å². The average molecular weight is 350 g/mol. The van der Waals surface area contributed by atoms with Gasteiger partial charge >= 0.3 is 5.97 Å². The van der Waals surface area contributed by atoms with Crippen LogP contribution in [0.3, 0.4) is 0 Å². The number of hydrogen-bond donors (Lipinski definition) is 0. The summed E-state index contributed by atoms with van der Waals surface area (Å²) in [5.74, 6) is 0.355. The van der Waals surface area contributed by atoms with E-state index < -0.39 is 5.97 Å². The number of hydrogen-bond acceptors (Lipinski definition) is 5. The summed E-state index contributed by atoms with van der Waals surface area (Å²) >= 11 is 0. The molecular formula is C21H18O5. The third kappa shape index (κ3) is 4.39. The molecule has 0 radical (unpaired) electrons. The highest BCUT2D eigenvalue weighted by molar-refractivity contribution is 6.01. The highest BCUT2D eigenvalue weighted by Crippen LogP contribution is 2.17. The summed E-state index contributed by atoms with van der Waals surface area (Å²) in [6.07, 6.45) is 0. The highest BCUT2D eigenvalue weighted by Gasteiger charge is 2.11. The Balaban J connectivity index is 1.50. The van der Waals surface area contributed by atoms with Gasteiger partial charge in [0.2, 0.25) is 0 Å². The SMILES string of the molecule is COc1ccc(OCC(=O)OCC(=O)c2ccc3ccccc3c2)cc1. The number of methoxy groups -OCH3 is 1. The second kappa shape index (κ2) is 8.16. The molecule has 3 aromatic rings. The highest BCUT2D eigenvalue weighted by atomic mass is 16.6. The van der Waals surface area contributed by atoms with Crippen molar-refractivity contribution in [1.29, 1.82) is 0 Å². The van der Waals surface area contributed by atoms with Gasteiger partial charge in [-0.05, 0) is 41.1 Å². The molecule has 0 N–H and O–H groups in total. The van der Waals surface area contributed by atoms with Gasteiger partial charge in [-0.15, -0.1) is 0 Å². The molecule has 0 fully saturated rings. The predicted octanol–water partition coefficient (Wildman–Crippen LogP) is 3.65. The Morgan fingerprint density at radius 1 is 0.808 bits per heavy atom. The topological polar surface area (TPSA) is 61.8 Å². The Bertz CT molecular complexity index is 915. The molecule has 0 saturated heterocycles. The van der Waals surface area contributed by atoms with Crippen LogP contribution in [0.2, 0.25) is 0 Å². The lowest BCUT2D eigenvalue weighted by molar-refractivity contribution is -0.144. The molecule has 0 unspecified atom stereocenters. The molecular weight excluding hydrogens is 332 g/mol. The fourth-order valence-corrected chi connectivity index (χ4v) is 2.45. The van der Waals surface area contributed by atoms with Crippen LogP contribution in [0.4, 0.5) is 0 Å². The summed E-state index contributed by atoms with van der Waals surface area (Å²) < 4.78 is 15.4. The van der Waals surface area contributed by atoms with Crippen LogP contribution in [0.25, 0.3) is 10.8 Å². The van der Waals surface area contributed by atoms with Crippen LogP contribution in [0.15, 0.2) is 66.7 Å².